The number of fused-ring (bicyclic) bond motifs is 3. The van der Waals surface area contributed by atoms with Gasteiger partial charge in [-0.3, -0.25) is 0 Å². The largest absolute Gasteiger partial charge is 0.573 e. The topological polar surface area (TPSA) is 92.0 Å². The molecular weight excluding hydrogens is 548 g/mol. The van der Waals surface area contributed by atoms with E-state index in [-0.39, 0.29) is 24.8 Å². The fourth-order valence-corrected chi connectivity index (χ4v) is 5.10. The Hall–Kier alpha value is -3.96. The third-order valence-electron chi connectivity index (χ3n) is 7.97. The number of carbonyl (C=O) groups is 1. The Kier molecular flexibility index (Phi) is 7.76. The molecule has 1 amide bonds. The maximum atomic E-state index is 12.9. The van der Waals surface area contributed by atoms with Crippen LogP contribution >= 0.6 is 0 Å². The third-order valence-corrected chi connectivity index (χ3v) is 7.97. The highest BCUT2D eigenvalue weighted by Crippen LogP contribution is 2.44. The van der Waals surface area contributed by atoms with Crippen molar-refractivity contribution < 1.29 is 36.7 Å². The van der Waals surface area contributed by atoms with E-state index in [1.54, 1.807) is 6.08 Å². The van der Waals surface area contributed by atoms with E-state index in [4.69, 9.17) is 19.8 Å². The third kappa shape index (κ3) is 6.12. The van der Waals surface area contributed by atoms with Crippen LogP contribution in [0.5, 0.6) is 5.75 Å². The Morgan fingerprint density at radius 1 is 0.976 bits per heavy atom. The molecule has 11 heteroatoms. The van der Waals surface area contributed by atoms with Crippen molar-refractivity contribution in [3.8, 4) is 16.9 Å². The van der Waals surface area contributed by atoms with Gasteiger partial charge in [0.05, 0.1) is 11.2 Å². The van der Waals surface area contributed by atoms with Crippen molar-refractivity contribution in [3.63, 3.8) is 0 Å². The molecule has 3 aromatic carbocycles. The molecule has 0 atom stereocenters. The number of ether oxygens (including phenoxy) is 2. The van der Waals surface area contributed by atoms with E-state index in [1.807, 2.05) is 64.1 Å². The summed E-state index contributed by atoms with van der Waals surface area (Å²) < 4.78 is 60.0. The smallest absolute Gasteiger partial charge is 0.449 e. The van der Waals surface area contributed by atoms with Crippen LogP contribution in [0, 0.1) is 0 Å². The van der Waals surface area contributed by atoms with Crippen LogP contribution < -0.4 is 15.8 Å². The van der Waals surface area contributed by atoms with Crippen LogP contribution in [0.1, 0.15) is 50.3 Å². The second kappa shape index (κ2) is 11.0. The summed E-state index contributed by atoms with van der Waals surface area (Å²) >= 11 is 0. The molecule has 1 fully saturated rings. The second-order valence-electron chi connectivity index (χ2n) is 11.3. The van der Waals surface area contributed by atoms with E-state index in [2.05, 4.69) is 22.2 Å². The number of hydrogen-bond acceptors (Lipinski definition) is 6. The average molecular weight is 580 g/mol. The minimum Gasteiger partial charge on any atom is -0.449 e. The van der Waals surface area contributed by atoms with Crippen LogP contribution in [0.15, 0.2) is 72.2 Å². The van der Waals surface area contributed by atoms with Gasteiger partial charge in [-0.2, -0.15) is 0 Å². The fourth-order valence-electron chi connectivity index (χ4n) is 5.10. The number of halogens is 3. The highest BCUT2D eigenvalue weighted by molar-refractivity contribution is 6.56. The molecule has 1 aliphatic carbocycles. The van der Waals surface area contributed by atoms with Crippen molar-refractivity contribution >= 4 is 25.0 Å². The van der Waals surface area contributed by atoms with Crippen LogP contribution in [0.25, 0.3) is 17.2 Å². The fraction of sp³-hybridized carbons (Fsp3) is 0.323. The monoisotopic (exact) mass is 580 g/mol. The molecule has 0 bridgehead atoms. The SMILES string of the molecule is CC1(C)OB(C(=Cc2ccc(OC(F)(F)F)cc2N)CNC(=O)OCC2c3ccccc3-c3ccccc32)OC1(C)C. The summed E-state index contributed by atoms with van der Waals surface area (Å²) in [6.45, 7) is 7.68. The van der Waals surface area contributed by atoms with Crippen molar-refractivity contribution in [3.05, 3.63) is 88.9 Å². The van der Waals surface area contributed by atoms with Crippen molar-refractivity contribution in [2.75, 3.05) is 18.9 Å². The summed E-state index contributed by atoms with van der Waals surface area (Å²) in [6, 6.07) is 19.7. The lowest BCUT2D eigenvalue weighted by molar-refractivity contribution is -0.274. The van der Waals surface area contributed by atoms with Gasteiger partial charge in [-0.15, -0.1) is 13.2 Å². The van der Waals surface area contributed by atoms with Gasteiger partial charge < -0.3 is 29.8 Å². The molecule has 42 heavy (non-hydrogen) atoms. The highest BCUT2D eigenvalue weighted by atomic mass is 19.4. The van der Waals surface area contributed by atoms with E-state index >= 15 is 0 Å². The number of nitrogens with one attached hydrogen (secondary N) is 1. The number of carbonyl (C=O) groups excluding carboxylic acids is 1. The lowest BCUT2D eigenvalue weighted by Crippen LogP contribution is -2.41. The van der Waals surface area contributed by atoms with Crippen molar-refractivity contribution in [1.29, 1.82) is 0 Å². The zero-order valence-electron chi connectivity index (χ0n) is 23.7. The molecule has 7 nitrogen and oxygen atoms in total. The second-order valence-corrected chi connectivity index (χ2v) is 11.3. The lowest BCUT2D eigenvalue weighted by atomic mass is 9.77. The molecule has 0 aromatic heterocycles. The molecular formula is C31H32BF3N2O5. The number of benzene rings is 3. The summed E-state index contributed by atoms with van der Waals surface area (Å²) in [5, 5.41) is 2.76. The van der Waals surface area contributed by atoms with Gasteiger partial charge >= 0.3 is 19.6 Å². The van der Waals surface area contributed by atoms with Crippen molar-refractivity contribution in [1.82, 2.24) is 5.32 Å². The Morgan fingerprint density at radius 3 is 2.10 bits per heavy atom. The number of alkyl carbamates (subject to hydrolysis) is 1. The number of nitrogens with two attached hydrogens (primary N) is 1. The molecule has 1 heterocycles. The molecule has 3 aromatic rings. The lowest BCUT2D eigenvalue weighted by Gasteiger charge is -2.32. The van der Waals surface area contributed by atoms with Crippen LogP contribution in [0.2, 0.25) is 0 Å². The summed E-state index contributed by atoms with van der Waals surface area (Å²) in [4.78, 5) is 12.9. The summed E-state index contributed by atoms with van der Waals surface area (Å²) in [7, 11) is -0.852. The minimum absolute atomic E-state index is 0.0201. The van der Waals surface area contributed by atoms with E-state index < -0.39 is 36.5 Å². The average Bonchev–Trinajstić information content (AvgIpc) is 3.34. The molecule has 0 saturated carbocycles. The number of alkyl halides is 3. The first-order chi connectivity index (χ1) is 19.7. The maximum Gasteiger partial charge on any atom is 0.573 e. The Bertz CT molecular complexity index is 1460. The number of hydrogen-bond donors (Lipinski definition) is 2. The minimum atomic E-state index is -4.84. The van der Waals surface area contributed by atoms with Crippen LogP contribution in [0.3, 0.4) is 0 Å². The molecule has 2 aliphatic rings. The summed E-state index contributed by atoms with van der Waals surface area (Å²) in [5.41, 5.74) is 10.1. The van der Waals surface area contributed by atoms with Gasteiger partial charge in [0, 0.05) is 24.2 Å². The first-order valence-corrected chi connectivity index (χ1v) is 13.5. The van der Waals surface area contributed by atoms with Gasteiger partial charge in [0.25, 0.3) is 0 Å². The van der Waals surface area contributed by atoms with E-state index in [9.17, 15) is 18.0 Å². The van der Waals surface area contributed by atoms with Gasteiger partial charge in [0.1, 0.15) is 12.4 Å². The Morgan fingerprint density at radius 2 is 1.55 bits per heavy atom. The molecule has 1 aliphatic heterocycles. The van der Waals surface area contributed by atoms with Gasteiger partial charge in [0.2, 0.25) is 0 Å². The quantitative estimate of drug-likeness (QED) is 0.238. The molecule has 0 unspecified atom stereocenters. The Labute approximate surface area is 242 Å². The van der Waals surface area contributed by atoms with Crippen LogP contribution in [-0.2, 0) is 14.0 Å². The number of amides is 1. The van der Waals surface area contributed by atoms with Gasteiger partial charge in [-0.25, -0.2) is 4.79 Å². The Balaban J connectivity index is 1.32. The van der Waals surface area contributed by atoms with Crippen molar-refractivity contribution in [2.45, 2.75) is 51.2 Å². The molecule has 1 saturated heterocycles. The van der Waals surface area contributed by atoms with Gasteiger partial charge in [-0.05, 0) is 73.1 Å². The molecule has 0 spiro atoms. The van der Waals surface area contributed by atoms with Crippen molar-refractivity contribution in [2.24, 2.45) is 0 Å². The zero-order chi connectivity index (χ0) is 30.3. The number of anilines is 1. The van der Waals surface area contributed by atoms with Crippen LogP contribution in [-0.4, -0.2) is 43.9 Å². The van der Waals surface area contributed by atoms with Crippen LogP contribution in [0.4, 0.5) is 23.7 Å². The highest BCUT2D eigenvalue weighted by Gasteiger charge is 2.52. The standard InChI is InChI=1S/C31H32BF3N2O5/c1-29(2)30(3,4)42-32(41-29)20(15-19-13-14-21(16-27(19)36)40-31(33,34)35)17-37-28(38)39-18-26-24-11-7-5-9-22(24)23-10-6-8-12-25(23)26/h5-16,26H,17-18,36H2,1-4H3,(H,37,38). The normalized spacial score (nSPS) is 17.5. The first kappa shape index (κ1) is 29.5. The predicted molar refractivity (Wildman–Crippen MR) is 155 cm³/mol. The van der Waals surface area contributed by atoms with E-state index in [0.717, 1.165) is 34.4 Å². The van der Waals surface area contributed by atoms with Gasteiger partial charge in [0.15, 0.2) is 0 Å². The number of rotatable bonds is 7. The summed E-state index contributed by atoms with van der Waals surface area (Å²) in [5.74, 6) is -0.537. The number of nitrogen functional groups attached to an aromatic ring is 1. The predicted octanol–water partition coefficient (Wildman–Crippen LogP) is 6.72. The van der Waals surface area contributed by atoms with E-state index in [1.165, 1.54) is 6.07 Å². The first-order valence-electron chi connectivity index (χ1n) is 13.5. The van der Waals surface area contributed by atoms with Gasteiger partial charge in [-0.1, -0.05) is 54.6 Å². The molecule has 220 valence electrons. The maximum absolute atomic E-state index is 12.9. The zero-order valence-corrected chi connectivity index (χ0v) is 23.7. The van der Waals surface area contributed by atoms with E-state index in [0.29, 0.717) is 11.0 Å². The summed E-state index contributed by atoms with van der Waals surface area (Å²) in [6.07, 6.45) is -3.86. The molecule has 0 radical (unpaired) electrons. The molecule has 5 rings (SSSR count). The molecule has 3 N–H and O–H groups in total.